The molecule has 0 aliphatic rings. The molecule has 0 aliphatic carbocycles. The van der Waals surface area contributed by atoms with Crippen LogP contribution < -0.4 is 5.14 Å². The van der Waals surface area contributed by atoms with Gasteiger partial charge in [-0.25, -0.2) is 30.8 Å². The van der Waals surface area contributed by atoms with Gasteiger partial charge in [0.1, 0.15) is 11.9 Å². The number of benzene rings is 3. The largest absolute Gasteiger partial charge is 0.612 e. The zero-order valence-electron chi connectivity index (χ0n) is 19.5. The molecule has 0 saturated heterocycles. The van der Waals surface area contributed by atoms with E-state index in [2.05, 4.69) is 10.2 Å². The molecular formula is C24H21F2N3O5S3. The minimum atomic E-state index is -4.30. The molecule has 37 heavy (non-hydrogen) atoms. The number of rotatable bonds is 7. The van der Waals surface area contributed by atoms with Crippen molar-refractivity contribution in [2.75, 3.05) is 12.5 Å². The predicted molar refractivity (Wildman–Crippen MR) is 137 cm³/mol. The highest BCUT2D eigenvalue weighted by atomic mass is 32.2. The van der Waals surface area contributed by atoms with Crippen LogP contribution in [-0.2, 0) is 31.0 Å². The van der Waals surface area contributed by atoms with Gasteiger partial charge in [-0.05, 0) is 53.1 Å². The first kappa shape index (κ1) is 26.9. The van der Waals surface area contributed by atoms with Gasteiger partial charge in [0.25, 0.3) is 6.43 Å². The third-order valence-corrected chi connectivity index (χ3v) is 8.67. The molecule has 0 spiro atoms. The number of aromatic nitrogens is 2. The lowest BCUT2D eigenvalue weighted by Crippen LogP contribution is -2.13. The number of H-pyrrole nitrogens is 1. The van der Waals surface area contributed by atoms with Crippen LogP contribution in [0.1, 0.15) is 12.1 Å². The number of nitrogens with one attached hydrogen (secondary N) is 1. The standard InChI is InChI=1S/C24H21F2N3O5S3/c1-35(30)16-10-7-14(8-11-16)17-12-9-15(13-20(17)37(27,33)34)22-21(23(24(25)26)29-28-22)18-5-3-4-6-19(18)36(2,31)32/h3-13,24H,1-2H3,(H,28,29)(H2,27,33,34). The van der Waals surface area contributed by atoms with Crippen molar-refractivity contribution in [1.82, 2.24) is 10.2 Å². The van der Waals surface area contributed by atoms with Gasteiger partial charge in [0.2, 0.25) is 10.0 Å². The van der Waals surface area contributed by atoms with Gasteiger partial charge in [-0.3, -0.25) is 5.10 Å². The maximum Gasteiger partial charge on any atom is 0.282 e. The van der Waals surface area contributed by atoms with Crippen LogP contribution in [0.25, 0.3) is 33.5 Å². The first-order valence-electron chi connectivity index (χ1n) is 10.6. The van der Waals surface area contributed by atoms with Crippen LogP contribution in [0.5, 0.6) is 0 Å². The summed E-state index contributed by atoms with van der Waals surface area (Å²) in [5.74, 6) is 0. The number of nitrogens with two attached hydrogens (primary N) is 1. The van der Waals surface area contributed by atoms with Crippen LogP contribution in [-0.4, -0.2) is 44.1 Å². The van der Waals surface area contributed by atoms with Crippen molar-refractivity contribution in [1.29, 1.82) is 0 Å². The lowest BCUT2D eigenvalue weighted by Gasteiger charge is -2.13. The molecule has 0 amide bonds. The molecule has 0 radical (unpaired) electrons. The van der Waals surface area contributed by atoms with Crippen molar-refractivity contribution >= 4 is 31.0 Å². The van der Waals surface area contributed by atoms with E-state index in [0.717, 1.165) is 6.26 Å². The van der Waals surface area contributed by atoms with Crippen molar-refractivity contribution in [2.45, 2.75) is 21.1 Å². The number of sulfone groups is 1. The Hall–Kier alpha value is -3.10. The third kappa shape index (κ3) is 5.45. The van der Waals surface area contributed by atoms with E-state index in [1.54, 1.807) is 24.3 Å². The molecule has 3 N–H and O–H groups in total. The summed E-state index contributed by atoms with van der Waals surface area (Å²) in [5.41, 5.74) is 0.0101. The van der Waals surface area contributed by atoms with Crippen molar-refractivity contribution in [3.05, 3.63) is 72.4 Å². The Morgan fingerprint density at radius 3 is 2.11 bits per heavy atom. The Morgan fingerprint density at radius 1 is 0.919 bits per heavy atom. The van der Waals surface area contributed by atoms with Gasteiger partial charge in [-0.1, -0.05) is 30.3 Å². The second-order valence-corrected chi connectivity index (χ2v) is 13.1. The van der Waals surface area contributed by atoms with Gasteiger partial charge in [0.05, 0.1) is 15.5 Å². The Labute approximate surface area is 215 Å². The van der Waals surface area contributed by atoms with Gasteiger partial charge in [0.15, 0.2) is 14.7 Å². The topological polar surface area (TPSA) is 146 Å². The average Bonchev–Trinajstić information content (AvgIpc) is 3.28. The molecule has 4 aromatic rings. The maximum absolute atomic E-state index is 13.9. The Morgan fingerprint density at radius 2 is 1.54 bits per heavy atom. The Kier molecular flexibility index (Phi) is 7.27. The van der Waals surface area contributed by atoms with Gasteiger partial charge in [0, 0.05) is 28.5 Å². The number of halogens is 2. The molecule has 1 heterocycles. The summed E-state index contributed by atoms with van der Waals surface area (Å²) in [4.78, 5) is 0.0749. The second kappa shape index (κ2) is 9.99. The summed E-state index contributed by atoms with van der Waals surface area (Å²) < 4.78 is 89.5. The minimum Gasteiger partial charge on any atom is -0.612 e. The van der Waals surface area contributed by atoms with Crippen LogP contribution in [0.4, 0.5) is 8.78 Å². The summed E-state index contributed by atoms with van der Waals surface area (Å²) in [7, 11) is -8.10. The van der Waals surface area contributed by atoms with E-state index >= 15 is 0 Å². The van der Waals surface area contributed by atoms with E-state index in [-0.39, 0.29) is 37.7 Å². The average molecular weight is 566 g/mol. The van der Waals surface area contributed by atoms with Gasteiger partial charge >= 0.3 is 0 Å². The van der Waals surface area contributed by atoms with Gasteiger partial charge < -0.3 is 4.55 Å². The molecule has 4 rings (SSSR count). The van der Waals surface area contributed by atoms with Crippen molar-refractivity contribution in [2.24, 2.45) is 5.14 Å². The van der Waals surface area contributed by atoms with E-state index in [0.29, 0.717) is 10.5 Å². The summed E-state index contributed by atoms with van der Waals surface area (Å²) in [5, 5.41) is 11.7. The second-order valence-electron chi connectivity index (χ2n) is 8.16. The lowest BCUT2D eigenvalue weighted by molar-refractivity contribution is 0.146. The monoisotopic (exact) mass is 565 g/mol. The molecular weight excluding hydrogens is 544 g/mol. The molecule has 1 atom stereocenters. The Bertz CT molecular complexity index is 1690. The number of sulfonamides is 1. The number of aromatic amines is 1. The van der Waals surface area contributed by atoms with Crippen molar-refractivity contribution < 1.29 is 30.2 Å². The molecule has 1 aromatic heterocycles. The number of hydrogen-bond acceptors (Lipinski definition) is 6. The summed E-state index contributed by atoms with van der Waals surface area (Å²) >= 11 is -1.23. The highest BCUT2D eigenvalue weighted by molar-refractivity contribution is 7.91. The molecule has 3 aromatic carbocycles. The molecule has 194 valence electrons. The number of hydrogen-bond donors (Lipinski definition) is 2. The molecule has 1 unspecified atom stereocenters. The number of nitrogens with zero attached hydrogens (tertiary/aromatic N) is 1. The zero-order chi connectivity index (χ0) is 27.1. The fourth-order valence-electron chi connectivity index (χ4n) is 3.97. The molecule has 0 aliphatic heterocycles. The fraction of sp³-hybridized carbons (Fsp3) is 0.125. The lowest BCUT2D eigenvalue weighted by atomic mass is 9.97. The van der Waals surface area contributed by atoms with E-state index in [9.17, 15) is 30.2 Å². The van der Waals surface area contributed by atoms with Crippen LogP contribution in [0, 0.1) is 0 Å². The van der Waals surface area contributed by atoms with Crippen LogP contribution >= 0.6 is 0 Å². The quantitative estimate of drug-likeness (QED) is 0.322. The first-order valence-corrected chi connectivity index (χ1v) is 15.6. The van der Waals surface area contributed by atoms with E-state index in [1.165, 1.54) is 48.7 Å². The molecule has 13 heteroatoms. The molecule has 0 bridgehead atoms. The van der Waals surface area contributed by atoms with Crippen LogP contribution in [0.2, 0.25) is 0 Å². The Balaban J connectivity index is 1.97. The fourth-order valence-corrected chi connectivity index (χ4v) is 6.17. The van der Waals surface area contributed by atoms with Gasteiger partial charge in [-0.15, -0.1) is 0 Å². The van der Waals surface area contributed by atoms with E-state index < -0.39 is 43.2 Å². The zero-order valence-corrected chi connectivity index (χ0v) is 21.9. The first-order chi connectivity index (χ1) is 17.3. The predicted octanol–water partition coefficient (Wildman–Crippen LogP) is 4.14. The van der Waals surface area contributed by atoms with Crippen LogP contribution in [0.15, 0.2) is 81.4 Å². The van der Waals surface area contributed by atoms with Crippen molar-refractivity contribution in [3.8, 4) is 33.5 Å². The normalized spacial score (nSPS) is 13.2. The van der Waals surface area contributed by atoms with Crippen molar-refractivity contribution in [3.63, 3.8) is 0 Å². The maximum atomic E-state index is 13.9. The summed E-state index contributed by atoms with van der Waals surface area (Å²) in [6, 6.07) is 16.2. The van der Waals surface area contributed by atoms with E-state index in [1.807, 2.05) is 0 Å². The molecule has 8 nitrogen and oxygen atoms in total. The number of alkyl halides is 2. The number of primary sulfonamides is 1. The van der Waals surface area contributed by atoms with E-state index in [4.69, 9.17) is 5.14 Å². The van der Waals surface area contributed by atoms with Gasteiger partial charge in [-0.2, -0.15) is 5.10 Å². The highest BCUT2D eigenvalue weighted by Crippen LogP contribution is 2.41. The smallest absolute Gasteiger partial charge is 0.282 e. The van der Waals surface area contributed by atoms with Crippen LogP contribution in [0.3, 0.4) is 0 Å². The summed E-state index contributed by atoms with van der Waals surface area (Å²) in [6.07, 6.45) is -0.579. The molecule has 0 fully saturated rings. The SMILES string of the molecule is C[S+]([O-])c1ccc(-c2ccc(-c3[nH]nc(C(F)F)c3-c3ccccc3S(C)(=O)=O)cc2S(N)(=O)=O)cc1. The molecule has 0 saturated carbocycles. The summed E-state index contributed by atoms with van der Waals surface area (Å²) in [6.45, 7) is 0. The third-order valence-electron chi connectivity index (χ3n) is 5.63. The minimum absolute atomic E-state index is 0.000391. The highest BCUT2D eigenvalue weighted by Gasteiger charge is 2.28.